The summed E-state index contributed by atoms with van der Waals surface area (Å²) in [6, 6.07) is 8.56. The maximum absolute atomic E-state index is 13.4. The predicted molar refractivity (Wildman–Crippen MR) is 171 cm³/mol. The number of unbranched alkanes of at least 4 members (excludes halogenated alkanes) is 10. The first-order valence-corrected chi connectivity index (χ1v) is 15.8. The highest BCUT2D eigenvalue weighted by Gasteiger charge is 2.29. The Kier molecular flexibility index (Phi) is 23.2. The summed E-state index contributed by atoms with van der Waals surface area (Å²) in [4.78, 5) is 39.3. The minimum Gasteiger partial charge on any atom is -0.461 e. The van der Waals surface area contributed by atoms with Crippen LogP contribution in [0.5, 0.6) is 0 Å². The zero-order valence-corrected chi connectivity index (χ0v) is 26.8. The number of ether oxygens (including phenoxy) is 1. The number of carbonyl (C=O) groups excluding carboxylic acids is 3. The summed E-state index contributed by atoms with van der Waals surface area (Å²) in [5.41, 5.74) is 12.8. The van der Waals surface area contributed by atoms with Crippen molar-refractivity contribution in [3.63, 3.8) is 0 Å². The molecule has 0 aromatic heterocycles. The number of rotatable bonds is 24. The van der Waals surface area contributed by atoms with Crippen LogP contribution in [0.3, 0.4) is 0 Å². The third-order valence-corrected chi connectivity index (χ3v) is 7.32. The van der Waals surface area contributed by atoms with Gasteiger partial charge in [0, 0.05) is 25.4 Å². The summed E-state index contributed by atoms with van der Waals surface area (Å²) in [7, 11) is 0. The first kappa shape index (κ1) is 38.9. The molecule has 0 heterocycles. The number of halogens is 1. The number of benzene rings is 1. The molecule has 0 saturated carbocycles. The second-order valence-electron chi connectivity index (χ2n) is 11.7. The minimum absolute atomic E-state index is 0. The van der Waals surface area contributed by atoms with Crippen molar-refractivity contribution in [2.75, 3.05) is 6.54 Å². The van der Waals surface area contributed by atoms with Gasteiger partial charge >= 0.3 is 5.97 Å². The molecule has 0 fully saturated rings. The van der Waals surface area contributed by atoms with Crippen molar-refractivity contribution >= 4 is 30.2 Å². The van der Waals surface area contributed by atoms with Gasteiger partial charge in [0.15, 0.2) is 0 Å². The fraction of sp³-hybridized carbons (Fsp3) is 0.727. The Hall–Kier alpha value is -2.12. The number of hydrogen-bond acceptors (Lipinski definition) is 5. The van der Waals surface area contributed by atoms with Crippen LogP contribution in [-0.4, -0.2) is 41.3 Å². The normalized spacial score (nSPS) is 12.4. The summed E-state index contributed by atoms with van der Waals surface area (Å²) in [5, 5.41) is 0. The lowest BCUT2D eigenvalue weighted by Crippen LogP contribution is -2.51. The molecule has 1 rings (SSSR count). The van der Waals surface area contributed by atoms with Crippen LogP contribution >= 0.6 is 12.4 Å². The number of amides is 2. The van der Waals surface area contributed by atoms with Crippen LogP contribution in [0.1, 0.15) is 129 Å². The summed E-state index contributed by atoms with van der Waals surface area (Å²) < 4.78 is 5.33. The van der Waals surface area contributed by atoms with Gasteiger partial charge in [-0.2, -0.15) is 0 Å². The molecule has 0 radical (unpaired) electrons. The van der Waals surface area contributed by atoms with E-state index in [1.807, 2.05) is 30.3 Å². The highest BCUT2D eigenvalue weighted by Crippen LogP contribution is 2.19. The van der Waals surface area contributed by atoms with Crippen molar-refractivity contribution in [2.45, 2.75) is 142 Å². The lowest BCUT2D eigenvalue weighted by Gasteiger charge is -2.34. The van der Waals surface area contributed by atoms with Crippen molar-refractivity contribution in [1.29, 1.82) is 0 Å². The number of carbonyl (C=O) groups is 3. The number of nitrogens with zero attached hydrogens (tertiary/aromatic N) is 1. The third kappa shape index (κ3) is 19.6. The topological polar surface area (TPSA) is 116 Å². The van der Waals surface area contributed by atoms with E-state index in [0.717, 1.165) is 24.8 Å². The molecule has 0 aliphatic heterocycles. The van der Waals surface area contributed by atoms with Crippen LogP contribution in [0.25, 0.3) is 0 Å². The predicted octanol–water partition coefficient (Wildman–Crippen LogP) is 7.08. The maximum atomic E-state index is 13.4. The average Bonchev–Trinajstić information content (AvgIpc) is 2.92. The van der Waals surface area contributed by atoms with E-state index in [9.17, 15) is 14.4 Å². The molecule has 236 valence electrons. The Morgan fingerprint density at radius 2 is 1.39 bits per heavy atom. The van der Waals surface area contributed by atoms with Gasteiger partial charge in [0.25, 0.3) is 0 Å². The first-order valence-electron chi connectivity index (χ1n) is 15.8. The fourth-order valence-corrected chi connectivity index (χ4v) is 5.07. The fourth-order valence-electron chi connectivity index (χ4n) is 5.07. The second kappa shape index (κ2) is 24.5. The molecule has 2 amide bonds. The van der Waals surface area contributed by atoms with Crippen molar-refractivity contribution in [3.8, 4) is 0 Å². The van der Waals surface area contributed by atoms with Gasteiger partial charge < -0.3 is 21.1 Å². The second-order valence-corrected chi connectivity index (χ2v) is 11.7. The molecular formula is C33H58ClN3O4. The van der Waals surface area contributed by atoms with Crippen molar-refractivity contribution in [3.05, 3.63) is 35.9 Å². The Morgan fingerprint density at radius 3 is 1.93 bits per heavy atom. The number of primary amides is 1. The number of nitrogens with two attached hydrogens (primary N) is 2. The maximum Gasteiger partial charge on any atom is 0.306 e. The average molecular weight is 596 g/mol. The smallest absolute Gasteiger partial charge is 0.306 e. The van der Waals surface area contributed by atoms with Gasteiger partial charge in [0.05, 0.1) is 6.04 Å². The summed E-state index contributed by atoms with van der Waals surface area (Å²) in [5.74, 6) is -0.632. The Bertz CT molecular complexity index is 822. The van der Waals surface area contributed by atoms with Gasteiger partial charge in [-0.15, -0.1) is 12.4 Å². The summed E-state index contributed by atoms with van der Waals surface area (Å²) >= 11 is 0. The lowest BCUT2D eigenvalue weighted by molar-refractivity contribution is -0.145. The van der Waals surface area contributed by atoms with Crippen molar-refractivity contribution in [2.24, 2.45) is 17.4 Å². The molecule has 0 bridgehead atoms. The largest absolute Gasteiger partial charge is 0.461 e. The molecule has 0 aliphatic rings. The third-order valence-electron chi connectivity index (χ3n) is 7.32. The molecule has 0 saturated heterocycles. The molecule has 1 aromatic rings. The van der Waals surface area contributed by atoms with Gasteiger partial charge in [-0.3, -0.25) is 14.4 Å². The van der Waals surface area contributed by atoms with E-state index >= 15 is 0 Å². The van der Waals surface area contributed by atoms with Crippen molar-refractivity contribution < 1.29 is 19.1 Å². The van der Waals surface area contributed by atoms with Crippen LogP contribution in [0.15, 0.2) is 30.3 Å². The van der Waals surface area contributed by atoms with E-state index in [-0.39, 0.29) is 55.7 Å². The molecular weight excluding hydrogens is 538 g/mol. The van der Waals surface area contributed by atoms with E-state index in [1.54, 1.807) is 4.90 Å². The van der Waals surface area contributed by atoms with E-state index in [2.05, 4.69) is 20.8 Å². The lowest BCUT2D eigenvalue weighted by atomic mass is 9.98. The SMILES string of the molecule is CCCCCCCCCCCCC[C@@H](CC(N)=O)N(CC(C)C)C(=O)[C@@H](N)CCCC(=O)OCc1ccccc1.Cl. The quantitative estimate of drug-likeness (QED) is 0.0978. The Labute approximate surface area is 255 Å². The molecule has 2 atom stereocenters. The minimum atomic E-state index is -0.728. The zero-order valence-electron chi connectivity index (χ0n) is 26.0. The van der Waals surface area contributed by atoms with Crippen molar-refractivity contribution in [1.82, 2.24) is 4.90 Å². The Morgan fingerprint density at radius 1 is 0.829 bits per heavy atom. The molecule has 8 heteroatoms. The van der Waals surface area contributed by atoms with Crippen LogP contribution < -0.4 is 11.5 Å². The highest BCUT2D eigenvalue weighted by molar-refractivity contribution is 5.85. The standard InChI is InChI=1S/C33H57N3O4.ClH/c1-4-5-6-7-8-9-10-11-12-13-17-21-29(24-31(35)37)36(25-27(2)3)33(39)30(34)22-18-23-32(38)40-26-28-19-15-14-16-20-28;/h14-16,19-20,27,29-30H,4-13,17-18,21-26,34H2,1-3H3,(H2,35,37);1H/t29-,30-;/m0./s1. The van der Waals surface area contributed by atoms with Crippen LogP contribution in [0, 0.1) is 5.92 Å². The van der Waals surface area contributed by atoms with Crippen LogP contribution in [0.2, 0.25) is 0 Å². The molecule has 0 spiro atoms. The van der Waals surface area contributed by atoms with Gasteiger partial charge in [-0.05, 0) is 30.7 Å². The van der Waals surface area contributed by atoms with Gasteiger partial charge in [0.1, 0.15) is 6.61 Å². The van der Waals surface area contributed by atoms with Gasteiger partial charge in [0.2, 0.25) is 11.8 Å². The molecule has 0 aliphatic carbocycles. The monoisotopic (exact) mass is 595 g/mol. The number of hydrogen-bond donors (Lipinski definition) is 2. The number of esters is 1. The molecule has 4 N–H and O–H groups in total. The molecule has 41 heavy (non-hydrogen) atoms. The van der Waals surface area contributed by atoms with E-state index in [0.29, 0.717) is 19.4 Å². The molecule has 1 aromatic carbocycles. The summed E-state index contributed by atoms with van der Waals surface area (Å²) in [6.07, 6.45) is 15.7. The van der Waals surface area contributed by atoms with Gasteiger partial charge in [-0.25, -0.2) is 0 Å². The van der Waals surface area contributed by atoms with Crippen LogP contribution in [0.4, 0.5) is 0 Å². The Balaban J connectivity index is 0.0000160. The van der Waals surface area contributed by atoms with E-state index in [4.69, 9.17) is 16.2 Å². The van der Waals surface area contributed by atoms with E-state index in [1.165, 1.54) is 57.8 Å². The highest BCUT2D eigenvalue weighted by atomic mass is 35.5. The molecule has 7 nitrogen and oxygen atoms in total. The molecule has 0 unspecified atom stereocenters. The van der Waals surface area contributed by atoms with E-state index < -0.39 is 11.9 Å². The zero-order chi connectivity index (χ0) is 29.6. The summed E-state index contributed by atoms with van der Waals surface area (Å²) in [6.45, 7) is 7.12. The first-order chi connectivity index (χ1) is 19.2. The van der Waals surface area contributed by atoms with Gasteiger partial charge in [-0.1, -0.05) is 122 Å². The van der Waals surface area contributed by atoms with Crippen LogP contribution in [-0.2, 0) is 25.7 Å².